The van der Waals surface area contributed by atoms with Crippen LogP contribution in [-0.2, 0) is 0 Å². The number of aromatic carboxylic acids is 1. The SMILES string of the molecule is CC(C)N(CCNc1ccc(C(=O)O)nc1)C(C)C. The lowest BCUT2D eigenvalue weighted by atomic mass is 10.2. The van der Waals surface area contributed by atoms with Crippen molar-refractivity contribution < 1.29 is 9.90 Å². The summed E-state index contributed by atoms with van der Waals surface area (Å²) in [5.41, 5.74) is 0.911. The van der Waals surface area contributed by atoms with E-state index < -0.39 is 5.97 Å². The molecule has 0 saturated heterocycles. The summed E-state index contributed by atoms with van der Waals surface area (Å²) in [5.74, 6) is -1.00. The van der Waals surface area contributed by atoms with Crippen LogP contribution in [0.5, 0.6) is 0 Å². The number of carboxylic acid groups (broad SMARTS) is 1. The van der Waals surface area contributed by atoms with E-state index in [1.165, 1.54) is 6.07 Å². The van der Waals surface area contributed by atoms with Gasteiger partial charge < -0.3 is 10.4 Å². The van der Waals surface area contributed by atoms with Gasteiger partial charge in [-0.25, -0.2) is 9.78 Å². The summed E-state index contributed by atoms with van der Waals surface area (Å²) in [5, 5.41) is 12.0. The van der Waals surface area contributed by atoms with Gasteiger partial charge in [-0.2, -0.15) is 0 Å². The number of hydrogen-bond acceptors (Lipinski definition) is 4. The van der Waals surface area contributed by atoms with Gasteiger partial charge in [0, 0.05) is 25.2 Å². The van der Waals surface area contributed by atoms with Crippen molar-refractivity contribution in [3.05, 3.63) is 24.0 Å². The molecule has 0 aliphatic rings. The van der Waals surface area contributed by atoms with Crippen LogP contribution >= 0.6 is 0 Å². The standard InChI is InChI=1S/C14H23N3O2/c1-10(2)17(11(3)4)8-7-15-12-5-6-13(14(18)19)16-9-12/h5-6,9-11,15H,7-8H2,1-4H3,(H,18,19). The molecule has 0 radical (unpaired) electrons. The molecule has 2 N–H and O–H groups in total. The second-order valence-electron chi connectivity index (χ2n) is 5.09. The largest absolute Gasteiger partial charge is 0.477 e. The molecular formula is C14H23N3O2. The Morgan fingerprint density at radius 3 is 2.37 bits per heavy atom. The van der Waals surface area contributed by atoms with Gasteiger partial charge in [0.1, 0.15) is 5.69 Å². The van der Waals surface area contributed by atoms with Crippen LogP contribution in [0.4, 0.5) is 5.69 Å². The van der Waals surface area contributed by atoms with E-state index in [-0.39, 0.29) is 5.69 Å². The van der Waals surface area contributed by atoms with E-state index >= 15 is 0 Å². The van der Waals surface area contributed by atoms with Crippen LogP contribution < -0.4 is 5.32 Å². The summed E-state index contributed by atoms with van der Waals surface area (Å²) in [6.07, 6.45) is 1.55. The van der Waals surface area contributed by atoms with Crippen molar-refractivity contribution in [2.24, 2.45) is 0 Å². The molecule has 5 nitrogen and oxygen atoms in total. The van der Waals surface area contributed by atoms with Crippen molar-refractivity contribution in [3.63, 3.8) is 0 Å². The Morgan fingerprint density at radius 2 is 1.95 bits per heavy atom. The van der Waals surface area contributed by atoms with Gasteiger partial charge in [-0.05, 0) is 39.8 Å². The highest BCUT2D eigenvalue weighted by atomic mass is 16.4. The Bertz CT molecular complexity index is 394. The number of hydrogen-bond donors (Lipinski definition) is 2. The first kappa shape index (κ1) is 15.4. The van der Waals surface area contributed by atoms with Crippen LogP contribution in [0, 0.1) is 0 Å². The van der Waals surface area contributed by atoms with Crippen molar-refractivity contribution in [2.75, 3.05) is 18.4 Å². The molecule has 5 heteroatoms. The van der Waals surface area contributed by atoms with E-state index in [0.29, 0.717) is 12.1 Å². The summed E-state index contributed by atoms with van der Waals surface area (Å²) in [6.45, 7) is 10.5. The highest BCUT2D eigenvalue weighted by molar-refractivity contribution is 5.85. The molecule has 19 heavy (non-hydrogen) atoms. The first-order valence-corrected chi connectivity index (χ1v) is 6.60. The number of nitrogens with zero attached hydrogens (tertiary/aromatic N) is 2. The van der Waals surface area contributed by atoms with Crippen LogP contribution in [0.2, 0.25) is 0 Å². The number of nitrogens with one attached hydrogen (secondary N) is 1. The summed E-state index contributed by atoms with van der Waals surface area (Å²) in [6, 6.07) is 4.27. The quantitative estimate of drug-likeness (QED) is 0.792. The molecule has 0 atom stereocenters. The molecule has 0 saturated carbocycles. The Morgan fingerprint density at radius 1 is 1.32 bits per heavy atom. The van der Waals surface area contributed by atoms with Gasteiger partial charge in [-0.1, -0.05) is 0 Å². The molecule has 0 aliphatic heterocycles. The minimum Gasteiger partial charge on any atom is -0.477 e. The molecule has 0 fully saturated rings. The number of pyridine rings is 1. The van der Waals surface area contributed by atoms with Crippen LogP contribution in [0.1, 0.15) is 38.2 Å². The first-order valence-electron chi connectivity index (χ1n) is 6.60. The summed E-state index contributed by atoms with van der Waals surface area (Å²) in [4.78, 5) is 16.9. The van der Waals surface area contributed by atoms with Crippen molar-refractivity contribution in [1.29, 1.82) is 0 Å². The fourth-order valence-electron chi connectivity index (χ4n) is 2.07. The number of rotatable bonds is 7. The molecule has 1 aromatic heterocycles. The van der Waals surface area contributed by atoms with Gasteiger partial charge >= 0.3 is 5.97 Å². The molecule has 0 aliphatic carbocycles. The lowest BCUT2D eigenvalue weighted by Crippen LogP contribution is -2.40. The molecule has 1 heterocycles. The average molecular weight is 265 g/mol. The van der Waals surface area contributed by atoms with Gasteiger partial charge in [-0.3, -0.25) is 4.90 Å². The molecule has 0 spiro atoms. The van der Waals surface area contributed by atoms with Gasteiger partial charge in [0.15, 0.2) is 0 Å². The maximum Gasteiger partial charge on any atom is 0.354 e. The molecule has 0 aromatic carbocycles. The number of carboxylic acids is 1. The molecule has 0 amide bonds. The fraction of sp³-hybridized carbons (Fsp3) is 0.571. The monoisotopic (exact) mass is 265 g/mol. The van der Waals surface area contributed by atoms with Crippen molar-refractivity contribution in [2.45, 2.75) is 39.8 Å². The second kappa shape index (κ2) is 7.09. The Balaban J connectivity index is 2.46. The van der Waals surface area contributed by atoms with Crippen molar-refractivity contribution in [1.82, 2.24) is 9.88 Å². The van der Waals surface area contributed by atoms with E-state index in [1.807, 2.05) is 0 Å². The van der Waals surface area contributed by atoms with Gasteiger partial charge in [0.2, 0.25) is 0 Å². The fourth-order valence-corrected chi connectivity index (χ4v) is 2.07. The normalized spacial score (nSPS) is 11.3. The predicted octanol–water partition coefficient (Wildman–Crippen LogP) is 2.31. The first-order chi connectivity index (χ1) is 8.91. The second-order valence-corrected chi connectivity index (χ2v) is 5.09. The zero-order valence-electron chi connectivity index (χ0n) is 12.1. The maximum absolute atomic E-state index is 10.7. The zero-order chi connectivity index (χ0) is 14.4. The van der Waals surface area contributed by atoms with E-state index in [4.69, 9.17) is 5.11 Å². The number of aromatic nitrogens is 1. The third-order valence-corrected chi connectivity index (χ3v) is 3.01. The molecule has 1 aromatic rings. The minimum atomic E-state index is -1.00. The van der Waals surface area contributed by atoms with Crippen LogP contribution in [0.15, 0.2) is 18.3 Å². The third-order valence-electron chi connectivity index (χ3n) is 3.01. The minimum absolute atomic E-state index is 0.0662. The van der Waals surface area contributed by atoms with Crippen LogP contribution in [-0.4, -0.2) is 46.1 Å². The van der Waals surface area contributed by atoms with Gasteiger partial charge in [0.05, 0.1) is 11.9 Å². The summed E-state index contributed by atoms with van der Waals surface area (Å²) >= 11 is 0. The van der Waals surface area contributed by atoms with Gasteiger partial charge in [-0.15, -0.1) is 0 Å². The average Bonchev–Trinajstić information content (AvgIpc) is 2.34. The van der Waals surface area contributed by atoms with E-state index in [0.717, 1.165) is 18.8 Å². The molecule has 0 unspecified atom stereocenters. The lowest BCUT2D eigenvalue weighted by Gasteiger charge is -2.30. The molecule has 1 rings (SSSR count). The Labute approximate surface area is 114 Å². The number of carbonyl (C=O) groups is 1. The Kier molecular flexibility index (Phi) is 5.76. The lowest BCUT2D eigenvalue weighted by molar-refractivity contribution is 0.0690. The molecule has 0 bridgehead atoms. The van der Waals surface area contributed by atoms with Crippen LogP contribution in [0.3, 0.4) is 0 Å². The highest BCUT2D eigenvalue weighted by Crippen LogP contribution is 2.07. The van der Waals surface area contributed by atoms with Crippen molar-refractivity contribution >= 4 is 11.7 Å². The summed E-state index contributed by atoms with van der Waals surface area (Å²) < 4.78 is 0. The van der Waals surface area contributed by atoms with E-state index in [1.54, 1.807) is 12.3 Å². The number of anilines is 1. The highest BCUT2D eigenvalue weighted by Gasteiger charge is 2.12. The van der Waals surface area contributed by atoms with E-state index in [9.17, 15) is 4.79 Å². The predicted molar refractivity (Wildman–Crippen MR) is 76.7 cm³/mol. The smallest absolute Gasteiger partial charge is 0.354 e. The van der Waals surface area contributed by atoms with Crippen molar-refractivity contribution in [3.8, 4) is 0 Å². The van der Waals surface area contributed by atoms with Gasteiger partial charge in [0.25, 0.3) is 0 Å². The van der Waals surface area contributed by atoms with E-state index in [2.05, 4.69) is 42.9 Å². The Hall–Kier alpha value is -1.62. The van der Waals surface area contributed by atoms with Crippen LogP contribution in [0.25, 0.3) is 0 Å². The maximum atomic E-state index is 10.7. The third kappa shape index (κ3) is 4.87. The summed E-state index contributed by atoms with van der Waals surface area (Å²) in [7, 11) is 0. The topological polar surface area (TPSA) is 65.5 Å². The molecule has 106 valence electrons. The molecular weight excluding hydrogens is 242 g/mol. The zero-order valence-corrected chi connectivity index (χ0v) is 12.1.